The average Bonchev–Trinajstić information content (AvgIpc) is 3.01. The zero-order valence-corrected chi connectivity index (χ0v) is 14.1. The van der Waals surface area contributed by atoms with E-state index in [1.165, 1.54) is 6.07 Å². The Balaban J connectivity index is 1.60. The first kappa shape index (κ1) is 17.6. The molecule has 0 unspecified atom stereocenters. The first-order valence-corrected chi connectivity index (χ1v) is 8.85. The first-order valence-electron chi connectivity index (χ1n) is 8.85. The summed E-state index contributed by atoms with van der Waals surface area (Å²) in [6.07, 6.45) is 5.14. The summed E-state index contributed by atoms with van der Waals surface area (Å²) >= 11 is 0. The van der Waals surface area contributed by atoms with Crippen molar-refractivity contribution in [3.05, 3.63) is 29.8 Å². The number of anilines is 1. The van der Waals surface area contributed by atoms with Crippen LogP contribution in [0.15, 0.2) is 18.2 Å². The maximum atomic E-state index is 13.3. The number of hydrogen-bond acceptors (Lipinski definition) is 2. The maximum absolute atomic E-state index is 13.3. The minimum Gasteiger partial charge on any atom is -0.343 e. The molecule has 0 bridgehead atoms. The number of nitrogens with one attached hydrogen (secondary N) is 1. The number of urea groups is 1. The van der Waals surface area contributed by atoms with E-state index in [0.717, 1.165) is 50.8 Å². The van der Waals surface area contributed by atoms with Crippen LogP contribution in [-0.4, -0.2) is 47.4 Å². The number of rotatable bonds is 4. The fourth-order valence-corrected chi connectivity index (χ4v) is 3.58. The smallest absolute Gasteiger partial charge is 0.322 e. The molecule has 0 aromatic heterocycles. The quantitative estimate of drug-likeness (QED) is 0.904. The van der Waals surface area contributed by atoms with Crippen LogP contribution in [0.4, 0.5) is 19.3 Å². The summed E-state index contributed by atoms with van der Waals surface area (Å²) in [5, 5.41) is 2.65. The Hall–Kier alpha value is -2.18. The Bertz CT molecular complexity index is 653. The molecule has 5 nitrogen and oxygen atoms in total. The predicted octanol–water partition coefficient (Wildman–Crippen LogP) is 3.36. The summed E-state index contributed by atoms with van der Waals surface area (Å²) in [4.78, 5) is 27.9. The number of amides is 3. The fourth-order valence-electron chi connectivity index (χ4n) is 3.58. The molecule has 0 saturated carbocycles. The molecule has 1 aromatic carbocycles. The number of piperidine rings is 1. The van der Waals surface area contributed by atoms with E-state index in [2.05, 4.69) is 5.32 Å². The minimum absolute atomic E-state index is 0.0624. The third-order valence-electron chi connectivity index (χ3n) is 4.96. The van der Waals surface area contributed by atoms with Crippen molar-refractivity contribution in [3.8, 4) is 0 Å². The van der Waals surface area contributed by atoms with Gasteiger partial charge < -0.3 is 15.1 Å². The van der Waals surface area contributed by atoms with Crippen LogP contribution >= 0.6 is 0 Å². The second-order valence-electron chi connectivity index (χ2n) is 6.68. The van der Waals surface area contributed by atoms with Crippen molar-refractivity contribution in [2.75, 3.05) is 25.0 Å². The minimum atomic E-state index is -0.986. The Kier molecular flexibility index (Phi) is 5.50. The molecule has 2 fully saturated rings. The molecule has 0 radical (unpaired) electrons. The van der Waals surface area contributed by atoms with Crippen LogP contribution in [0.25, 0.3) is 0 Å². The van der Waals surface area contributed by atoms with Crippen LogP contribution in [0.2, 0.25) is 0 Å². The van der Waals surface area contributed by atoms with Gasteiger partial charge in [-0.2, -0.15) is 0 Å². The van der Waals surface area contributed by atoms with Gasteiger partial charge in [-0.25, -0.2) is 13.6 Å². The average molecular weight is 351 g/mol. The van der Waals surface area contributed by atoms with Gasteiger partial charge in [0.25, 0.3) is 0 Å². The van der Waals surface area contributed by atoms with E-state index in [1.807, 2.05) is 4.90 Å². The molecule has 0 aliphatic carbocycles. The van der Waals surface area contributed by atoms with E-state index in [0.29, 0.717) is 19.5 Å². The highest BCUT2D eigenvalue weighted by Crippen LogP contribution is 2.23. The number of hydrogen-bond donors (Lipinski definition) is 1. The van der Waals surface area contributed by atoms with Gasteiger partial charge in [0.2, 0.25) is 5.91 Å². The molecule has 3 amide bonds. The van der Waals surface area contributed by atoms with Gasteiger partial charge in [-0.3, -0.25) is 4.79 Å². The van der Waals surface area contributed by atoms with Crippen LogP contribution in [0.1, 0.15) is 38.5 Å². The van der Waals surface area contributed by atoms with Gasteiger partial charge in [-0.15, -0.1) is 0 Å². The van der Waals surface area contributed by atoms with Crippen molar-refractivity contribution in [1.82, 2.24) is 9.80 Å². The van der Waals surface area contributed by atoms with Crippen molar-refractivity contribution in [2.45, 2.75) is 44.6 Å². The SMILES string of the molecule is O=C1CCCN1CC[C@@H]1CCCCN1C(=O)Nc1ccc(F)c(F)c1. The molecule has 3 rings (SSSR count). The van der Waals surface area contributed by atoms with Crippen molar-refractivity contribution in [3.63, 3.8) is 0 Å². The lowest BCUT2D eigenvalue weighted by molar-refractivity contribution is -0.127. The fraction of sp³-hybridized carbons (Fsp3) is 0.556. The zero-order chi connectivity index (χ0) is 17.8. The van der Waals surface area contributed by atoms with E-state index in [4.69, 9.17) is 0 Å². The topological polar surface area (TPSA) is 52.7 Å². The number of carbonyl (C=O) groups excluding carboxylic acids is 2. The maximum Gasteiger partial charge on any atom is 0.322 e. The Labute approximate surface area is 146 Å². The van der Waals surface area contributed by atoms with E-state index in [-0.39, 0.29) is 23.7 Å². The number of nitrogens with zero attached hydrogens (tertiary/aromatic N) is 2. The number of carbonyl (C=O) groups is 2. The van der Waals surface area contributed by atoms with Gasteiger partial charge in [0, 0.05) is 43.9 Å². The molecule has 2 aliphatic rings. The largest absolute Gasteiger partial charge is 0.343 e. The van der Waals surface area contributed by atoms with Gasteiger partial charge in [0.05, 0.1) is 0 Å². The van der Waals surface area contributed by atoms with Crippen LogP contribution in [0.3, 0.4) is 0 Å². The van der Waals surface area contributed by atoms with Gasteiger partial charge in [-0.05, 0) is 44.2 Å². The van der Waals surface area contributed by atoms with Crippen LogP contribution in [0, 0.1) is 11.6 Å². The molecular weight excluding hydrogens is 328 g/mol. The van der Waals surface area contributed by atoms with Crippen molar-refractivity contribution >= 4 is 17.6 Å². The summed E-state index contributed by atoms with van der Waals surface area (Å²) in [7, 11) is 0. The number of benzene rings is 1. The van der Waals surface area contributed by atoms with Gasteiger partial charge in [0.1, 0.15) is 0 Å². The lowest BCUT2D eigenvalue weighted by Crippen LogP contribution is -2.47. The molecule has 1 N–H and O–H groups in total. The first-order chi connectivity index (χ1) is 12.0. The predicted molar refractivity (Wildman–Crippen MR) is 90.2 cm³/mol. The van der Waals surface area contributed by atoms with E-state index >= 15 is 0 Å². The highest BCUT2D eigenvalue weighted by Gasteiger charge is 2.28. The molecule has 25 heavy (non-hydrogen) atoms. The second-order valence-corrected chi connectivity index (χ2v) is 6.68. The summed E-state index contributed by atoms with van der Waals surface area (Å²) in [6, 6.07) is 3.08. The Morgan fingerprint density at radius 2 is 2.00 bits per heavy atom. The second kappa shape index (κ2) is 7.80. The molecule has 1 aromatic rings. The number of likely N-dealkylation sites (tertiary alicyclic amines) is 2. The standard InChI is InChI=1S/C18H23F2N3O2/c19-15-7-6-13(12-16(15)20)21-18(25)23-10-2-1-4-14(23)8-11-22-9-3-5-17(22)24/h6-7,12,14H,1-5,8-11H2,(H,21,25)/t14-/m0/s1. The van der Waals surface area contributed by atoms with Crippen LogP contribution < -0.4 is 5.32 Å². The van der Waals surface area contributed by atoms with E-state index in [9.17, 15) is 18.4 Å². The molecule has 0 spiro atoms. The summed E-state index contributed by atoms with van der Waals surface area (Å²) < 4.78 is 26.3. The monoisotopic (exact) mass is 351 g/mol. The lowest BCUT2D eigenvalue weighted by atomic mass is 9.99. The summed E-state index contributed by atoms with van der Waals surface area (Å²) in [6.45, 7) is 2.10. The highest BCUT2D eigenvalue weighted by atomic mass is 19.2. The van der Waals surface area contributed by atoms with Gasteiger partial charge in [-0.1, -0.05) is 0 Å². The van der Waals surface area contributed by atoms with E-state index < -0.39 is 11.6 Å². The third-order valence-corrected chi connectivity index (χ3v) is 4.96. The van der Waals surface area contributed by atoms with Gasteiger partial charge in [0.15, 0.2) is 11.6 Å². The van der Waals surface area contributed by atoms with Crippen molar-refractivity contribution in [1.29, 1.82) is 0 Å². The Morgan fingerprint density at radius 3 is 2.72 bits per heavy atom. The summed E-state index contributed by atoms with van der Waals surface area (Å²) in [5.41, 5.74) is 0.239. The third kappa shape index (κ3) is 4.27. The molecule has 7 heteroatoms. The number of halogens is 2. The highest BCUT2D eigenvalue weighted by molar-refractivity contribution is 5.89. The van der Waals surface area contributed by atoms with Crippen molar-refractivity contribution in [2.24, 2.45) is 0 Å². The Morgan fingerprint density at radius 1 is 1.16 bits per heavy atom. The molecule has 1 atom stereocenters. The molecule has 2 heterocycles. The van der Waals surface area contributed by atoms with Crippen molar-refractivity contribution < 1.29 is 18.4 Å². The molecule has 2 aliphatic heterocycles. The van der Waals surface area contributed by atoms with Gasteiger partial charge >= 0.3 is 6.03 Å². The normalized spacial score (nSPS) is 20.9. The molecular formula is C18H23F2N3O2. The lowest BCUT2D eigenvalue weighted by Gasteiger charge is -2.36. The molecule has 136 valence electrons. The molecule has 2 saturated heterocycles. The zero-order valence-electron chi connectivity index (χ0n) is 14.1. The van der Waals surface area contributed by atoms with E-state index in [1.54, 1.807) is 4.90 Å². The summed E-state index contributed by atoms with van der Waals surface area (Å²) in [5.74, 6) is -1.74. The van der Waals surface area contributed by atoms with Crippen LogP contribution in [-0.2, 0) is 4.79 Å². The van der Waals surface area contributed by atoms with Crippen LogP contribution in [0.5, 0.6) is 0 Å².